The van der Waals surface area contributed by atoms with Crippen LogP contribution in [0.5, 0.6) is 0 Å². The van der Waals surface area contributed by atoms with E-state index >= 15 is 0 Å². The molecular formula is C13H20N4O. The number of carbonyl (C=O) groups excluding carboxylic acids is 1. The Kier molecular flexibility index (Phi) is 5.84. The zero-order chi connectivity index (χ0) is 13.4. The van der Waals surface area contributed by atoms with Gasteiger partial charge in [-0.1, -0.05) is 19.4 Å². The highest BCUT2D eigenvalue weighted by atomic mass is 16.2. The third-order valence-corrected chi connectivity index (χ3v) is 2.50. The van der Waals surface area contributed by atoms with Crippen molar-refractivity contribution in [2.75, 3.05) is 25.5 Å². The molecule has 0 aromatic carbocycles. The number of anilines is 1. The van der Waals surface area contributed by atoms with Gasteiger partial charge in [-0.2, -0.15) is 0 Å². The van der Waals surface area contributed by atoms with Crippen LogP contribution in [0.25, 0.3) is 0 Å². The topological polar surface area (TPSA) is 58.1 Å². The van der Waals surface area contributed by atoms with Gasteiger partial charge in [0, 0.05) is 32.5 Å². The Labute approximate surface area is 108 Å². The Bertz CT molecular complexity index is 388. The molecule has 0 radical (unpaired) electrons. The molecule has 0 saturated heterocycles. The van der Waals surface area contributed by atoms with Crippen LogP contribution < -0.4 is 5.32 Å². The maximum atomic E-state index is 12.0. The number of carbonyl (C=O) groups is 1. The smallest absolute Gasteiger partial charge is 0.256 e. The van der Waals surface area contributed by atoms with Crippen LogP contribution in [0, 0.1) is 0 Å². The molecule has 0 atom stereocenters. The average molecular weight is 248 g/mol. The lowest BCUT2D eigenvalue weighted by molar-refractivity contribution is 0.0792. The molecule has 5 heteroatoms. The maximum Gasteiger partial charge on any atom is 0.256 e. The Balaban J connectivity index is 2.60. The van der Waals surface area contributed by atoms with Gasteiger partial charge in [-0.15, -0.1) is 6.58 Å². The molecule has 0 aliphatic carbocycles. The zero-order valence-corrected chi connectivity index (χ0v) is 11.0. The van der Waals surface area contributed by atoms with E-state index in [-0.39, 0.29) is 5.91 Å². The van der Waals surface area contributed by atoms with Gasteiger partial charge in [-0.05, 0) is 6.42 Å². The van der Waals surface area contributed by atoms with Crippen LogP contribution in [0.4, 0.5) is 5.95 Å². The van der Waals surface area contributed by atoms with Gasteiger partial charge in [0.25, 0.3) is 5.91 Å². The molecule has 0 aliphatic rings. The highest BCUT2D eigenvalue weighted by molar-refractivity contribution is 5.93. The van der Waals surface area contributed by atoms with Crippen molar-refractivity contribution in [1.29, 1.82) is 0 Å². The summed E-state index contributed by atoms with van der Waals surface area (Å²) in [6, 6.07) is 0. The fourth-order valence-electron chi connectivity index (χ4n) is 1.41. The number of amides is 1. The lowest BCUT2D eigenvalue weighted by Gasteiger charge is -2.16. The average Bonchev–Trinajstić information content (AvgIpc) is 2.42. The molecule has 18 heavy (non-hydrogen) atoms. The van der Waals surface area contributed by atoms with Crippen LogP contribution in [0.15, 0.2) is 25.0 Å². The van der Waals surface area contributed by atoms with Crippen LogP contribution >= 0.6 is 0 Å². The maximum absolute atomic E-state index is 12.0. The summed E-state index contributed by atoms with van der Waals surface area (Å²) in [7, 11) is 1.79. The molecule has 0 bridgehead atoms. The molecule has 0 aliphatic heterocycles. The molecule has 1 N–H and O–H groups in total. The second-order valence-corrected chi connectivity index (χ2v) is 4.05. The fraction of sp³-hybridized carbons (Fsp3) is 0.462. The molecule has 98 valence electrons. The van der Waals surface area contributed by atoms with Gasteiger partial charge in [-0.3, -0.25) is 4.79 Å². The van der Waals surface area contributed by atoms with E-state index < -0.39 is 0 Å². The summed E-state index contributed by atoms with van der Waals surface area (Å²) in [4.78, 5) is 21.8. The van der Waals surface area contributed by atoms with E-state index in [1.54, 1.807) is 30.4 Å². The first kappa shape index (κ1) is 14.2. The molecule has 1 amide bonds. The van der Waals surface area contributed by atoms with Crippen molar-refractivity contribution in [1.82, 2.24) is 14.9 Å². The van der Waals surface area contributed by atoms with Gasteiger partial charge < -0.3 is 10.2 Å². The summed E-state index contributed by atoms with van der Waals surface area (Å²) >= 11 is 0. The number of aromatic nitrogens is 2. The standard InChI is InChI=1S/C13H20N4O/c1-4-6-8-17(3)12(18)11-9-15-13(16-10-11)14-7-5-2/h5,9-10H,2,4,6-8H2,1,3H3,(H,14,15,16). The molecule has 0 saturated carbocycles. The molecule has 0 fully saturated rings. The van der Waals surface area contributed by atoms with E-state index in [2.05, 4.69) is 28.8 Å². The van der Waals surface area contributed by atoms with Crippen LogP contribution in [-0.4, -0.2) is 40.9 Å². The largest absolute Gasteiger partial charge is 0.351 e. The first-order chi connectivity index (χ1) is 8.69. The summed E-state index contributed by atoms with van der Waals surface area (Å²) in [5.74, 6) is 0.460. The Morgan fingerprint density at radius 3 is 2.72 bits per heavy atom. The summed E-state index contributed by atoms with van der Waals surface area (Å²) in [5, 5.41) is 2.96. The van der Waals surface area contributed by atoms with Crippen LogP contribution in [0.3, 0.4) is 0 Å². The van der Waals surface area contributed by atoms with Crippen molar-refractivity contribution in [3.63, 3.8) is 0 Å². The molecule has 1 aromatic heterocycles. The summed E-state index contributed by atoms with van der Waals surface area (Å²) in [6.07, 6.45) is 6.88. The Hall–Kier alpha value is -1.91. The Morgan fingerprint density at radius 2 is 2.17 bits per heavy atom. The fourth-order valence-corrected chi connectivity index (χ4v) is 1.41. The van der Waals surface area contributed by atoms with Gasteiger partial charge in [0.1, 0.15) is 0 Å². The summed E-state index contributed by atoms with van der Waals surface area (Å²) in [5.41, 5.74) is 0.512. The molecule has 1 aromatic rings. The second kappa shape index (κ2) is 7.42. The molecular weight excluding hydrogens is 228 g/mol. The number of nitrogens with zero attached hydrogens (tertiary/aromatic N) is 3. The monoisotopic (exact) mass is 248 g/mol. The van der Waals surface area contributed by atoms with E-state index in [0.717, 1.165) is 19.4 Å². The normalized spacial score (nSPS) is 9.89. The SMILES string of the molecule is C=CCNc1ncc(C(=O)N(C)CCCC)cn1. The van der Waals surface area contributed by atoms with Crippen LogP contribution in [0.1, 0.15) is 30.1 Å². The molecule has 1 heterocycles. The van der Waals surface area contributed by atoms with Crippen molar-refractivity contribution in [3.05, 3.63) is 30.6 Å². The third kappa shape index (κ3) is 4.16. The van der Waals surface area contributed by atoms with Gasteiger partial charge in [-0.25, -0.2) is 9.97 Å². The molecule has 5 nitrogen and oxygen atoms in total. The highest BCUT2D eigenvalue weighted by Gasteiger charge is 2.11. The minimum Gasteiger partial charge on any atom is -0.351 e. The summed E-state index contributed by atoms with van der Waals surface area (Å²) < 4.78 is 0. The van der Waals surface area contributed by atoms with E-state index in [4.69, 9.17) is 0 Å². The number of rotatable bonds is 7. The van der Waals surface area contributed by atoms with Gasteiger partial charge in [0.05, 0.1) is 5.56 Å². The number of unbranched alkanes of at least 4 members (excludes halogenated alkanes) is 1. The first-order valence-electron chi connectivity index (χ1n) is 6.11. The predicted octanol–water partition coefficient (Wildman–Crippen LogP) is 1.95. The van der Waals surface area contributed by atoms with Crippen molar-refractivity contribution in [2.24, 2.45) is 0 Å². The van der Waals surface area contributed by atoms with E-state index in [9.17, 15) is 4.79 Å². The lowest BCUT2D eigenvalue weighted by atomic mass is 10.2. The lowest BCUT2D eigenvalue weighted by Crippen LogP contribution is -2.28. The molecule has 0 spiro atoms. The van der Waals surface area contributed by atoms with Crippen LogP contribution in [0.2, 0.25) is 0 Å². The highest BCUT2D eigenvalue weighted by Crippen LogP contribution is 2.04. The second-order valence-electron chi connectivity index (χ2n) is 4.05. The van der Waals surface area contributed by atoms with Gasteiger partial charge in [0.2, 0.25) is 5.95 Å². The third-order valence-electron chi connectivity index (χ3n) is 2.50. The van der Waals surface area contributed by atoms with Crippen molar-refractivity contribution >= 4 is 11.9 Å². The quantitative estimate of drug-likeness (QED) is 0.749. The Morgan fingerprint density at radius 1 is 1.50 bits per heavy atom. The number of nitrogens with one attached hydrogen (secondary N) is 1. The minimum atomic E-state index is -0.0429. The van der Waals surface area contributed by atoms with Crippen molar-refractivity contribution in [3.8, 4) is 0 Å². The van der Waals surface area contributed by atoms with Crippen molar-refractivity contribution in [2.45, 2.75) is 19.8 Å². The number of hydrogen-bond donors (Lipinski definition) is 1. The minimum absolute atomic E-state index is 0.0429. The van der Waals surface area contributed by atoms with E-state index in [0.29, 0.717) is 18.1 Å². The van der Waals surface area contributed by atoms with Crippen molar-refractivity contribution < 1.29 is 4.79 Å². The van der Waals surface area contributed by atoms with Gasteiger partial charge >= 0.3 is 0 Å². The number of hydrogen-bond acceptors (Lipinski definition) is 4. The van der Waals surface area contributed by atoms with Gasteiger partial charge in [0.15, 0.2) is 0 Å². The van der Waals surface area contributed by atoms with Crippen LogP contribution in [-0.2, 0) is 0 Å². The summed E-state index contributed by atoms with van der Waals surface area (Å²) in [6.45, 7) is 7.05. The molecule has 1 rings (SSSR count). The predicted molar refractivity (Wildman–Crippen MR) is 72.6 cm³/mol. The molecule has 0 unspecified atom stereocenters. The van der Waals surface area contributed by atoms with E-state index in [1.165, 1.54) is 0 Å². The first-order valence-corrected chi connectivity index (χ1v) is 6.11. The van der Waals surface area contributed by atoms with E-state index in [1.807, 2.05) is 0 Å². The zero-order valence-electron chi connectivity index (χ0n) is 11.0.